The molecule has 1 saturated heterocycles. The molecule has 0 aromatic heterocycles. The third-order valence-corrected chi connectivity index (χ3v) is 2.85. The Bertz CT molecular complexity index is 361. The number of nitrogens with zero attached hydrogens (tertiary/aromatic N) is 3. The highest BCUT2D eigenvalue weighted by atomic mass is 19.4. The molecule has 0 aliphatic carbocycles. The zero-order chi connectivity index (χ0) is 14.5. The number of carbonyl (C=O) groups excluding carboxylic acids is 1. The Morgan fingerprint density at radius 3 is 2.42 bits per heavy atom. The first-order valence-corrected chi connectivity index (χ1v) is 5.93. The minimum Gasteiger partial charge on any atom is -0.342 e. The standard InChI is InChI=1S/C11H16F3N3O2/c1-3-16-9(19-15-2)8-4-6-17(7-5-8)10(18)11(12,13)14/h8H,2-7H2,1H3/b16-9-. The van der Waals surface area contributed by atoms with E-state index in [1.165, 1.54) is 0 Å². The Morgan fingerprint density at radius 2 is 2.00 bits per heavy atom. The summed E-state index contributed by atoms with van der Waals surface area (Å²) >= 11 is 0. The van der Waals surface area contributed by atoms with E-state index in [2.05, 4.69) is 16.9 Å². The topological polar surface area (TPSA) is 54.3 Å². The van der Waals surface area contributed by atoms with Crippen LogP contribution in [0.3, 0.4) is 0 Å². The summed E-state index contributed by atoms with van der Waals surface area (Å²) in [7, 11) is 0. The van der Waals surface area contributed by atoms with Crippen molar-refractivity contribution in [3.8, 4) is 0 Å². The molecule has 8 heteroatoms. The highest BCUT2D eigenvalue weighted by Gasteiger charge is 2.43. The molecule has 1 heterocycles. The number of likely N-dealkylation sites (tertiary alicyclic amines) is 1. The molecule has 0 aromatic carbocycles. The van der Waals surface area contributed by atoms with Crippen LogP contribution < -0.4 is 0 Å². The van der Waals surface area contributed by atoms with Crippen LogP contribution in [-0.4, -0.2) is 49.2 Å². The number of aliphatic imine (C=N–C) groups is 1. The van der Waals surface area contributed by atoms with Gasteiger partial charge in [-0.3, -0.25) is 9.79 Å². The van der Waals surface area contributed by atoms with E-state index >= 15 is 0 Å². The maximum absolute atomic E-state index is 12.3. The average molecular weight is 279 g/mol. The van der Waals surface area contributed by atoms with Gasteiger partial charge in [0.1, 0.15) is 0 Å². The van der Waals surface area contributed by atoms with Crippen LogP contribution in [0.4, 0.5) is 13.2 Å². The van der Waals surface area contributed by atoms with Crippen LogP contribution >= 0.6 is 0 Å². The van der Waals surface area contributed by atoms with Gasteiger partial charge in [-0.25, -0.2) is 0 Å². The molecule has 1 fully saturated rings. The van der Waals surface area contributed by atoms with Crippen LogP contribution in [0.15, 0.2) is 10.1 Å². The second kappa shape index (κ2) is 6.53. The van der Waals surface area contributed by atoms with Crippen molar-refractivity contribution < 1.29 is 22.8 Å². The first-order chi connectivity index (χ1) is 8.90. The largest absolute Gasteiger partial charge is 0.471 e. The summed E-state index contributed by atoms with van der Waals surface area (Å²) in [4.78, 5) is 20.9. The number of amides is 1. The lowest BCUT2D eigenvalue weighted by molar-refractivity contribution is -0.186. The van der Waals surface area contributed by atoms with Gasteiger partial charge in [0.2, 0.25) is 5.90 Å². The van der Waals surface area contributed by atoms with Crippen LogP contribution in [0.1, 0.15) is 19.8 Å². The van der Waals surface area contributed by atoms with Crippen molar-refractivity contribution in [1.29, 1.82) is 0 Å². The molecule has 0 unspecified atom stereocenters. The lowest BCUT2D eigenvalue weighted by Crippen LogP contribution is -2.46. The molecule has 1 aliphatic heterocycles. The average Bonchev–Trinajstić information content (AvgIpc) is 2.37. The summed E-state index contributed by atoms with van der Waals surface area (Å²) in [6.07, 6.45) is -4.07. The highest BCUT2D eigenvalue weighted by Crippen LogP contribution is 2.25. The number of piperidine rings is 1. The van der Waals surface area contributed by atoms with Gasteiger partial charge in [0, 0.05) is 32.3 Å². The van der Waals surface area contributed by atoms with E-state index in [1.54, 1.807) is 0 Å². The number of halogens is 3. The van der Waals surface area contributed by atoms with E-state index < -0.39 is 12.1 Å². The molecule has 5 nitrogen and oxygen atoms in total. The third kappa shape index (κ3) is 4.22. The molecule has 19 heavy (non-hydrogen) atoms. The molecule has 0 radical (unpaired) electrons. The first kappa shape index (κ1) is 15.5. The van der Waals surface area contributed by atoms with Crippen LogP contribution in [0.25, 0.3) is 0 Å². The number of hydrogen-bond acceptors (Lipinski definition) is 4. The maximum atomic E-state index is 12.3. The van der Waals surface area contributed by atoms with E-state index in [-0.39, 0.29) is 19.0 Å². The smallest absolute Gasteiger partial charge is 0.342 e. The minimum absolute atomic E-state index is 0.0340. The van der Waals surface area contributed by atoms with E-state index in [0.29, 0.717) is 25.3 Å². The monoisotopic (exact) mass is 279 g/mol. The number of carbonyl (C=O) groups is 1. The van der Waals surface area contributed by atoms with Crippen molar-refractivity contribution in [2.75, 3.05) is 19.6 Å². The summed E-state index contributed by atoms with van der Waals surface area (Å²) in [6, 6.07) is 0. The molecule has 0 atom stereocenters. The molecule has 108 valence electrons. The molecule has 1 aliphatic rings. The molecule has 0 aromatic rings. The summed E-state index contributed by atoms with van der Waals surface area (Å²) in [6.45, 7) is 5.56. The molecule has 0 spiro atoms. The summed E-state index contributed by atoms with van der Waals surface area (Å²) in [5.41, 5.74) is 0. The van der Waals surface area contributed by atoms with Gasteiger partial charge in [-0.05, 0) is 19.8 Å². The van der Waals surface area contributed by atoms with Gasteiger partial charge in [-0.15, -0.1) is 0 Å². The number of alkyl halides is 3. The molecule has 0 N–H and O–H groups in total. The van der Waals surface area contributed by atoms with Crippen molar-refractivity contribution in [3.05, 3.63) is 0 Å². The second-order valence-corrected chi connectivity index (χ2v) is 4.10. The van der Waals surface area contributed by atoms with E-state index in [1.807, 2.05) is 6.92 Å². The van der Waals surface area contributed by atoms with Crippen LogP contribution in [0.2, 0.25) is 0 Å². The lowest BCUT2D eigenvalue weighted by Gasteiger charge is -2.31. The van der Waals surface area contributed by atoms with Gasteiger partial charge in [0.15, 0.2) is 0 Å². The van der Waals surface area contributed by atoms with Crippen molar-refractivity contribution in [3.63, 3.8) is 0 Å². The van der Waals surface area contributed by atoms with Gasteiger partial charge in [-0.2, -0.15) is 13.2 Å². The fourth-order valence-electron chi connectivity index (χ4n) is 1.96. The molecular weight excluding hydrogens is 263 g/mol. The summed E-state index contributed by atoms with van der Waals surface area (Å²) in [5, 5.41) is 3.28. The van der Waals surface area contributed by atoms with Crippen molar-refractivity contribution >= 4 is 18.5 Å². The SMILES string of the molecule is C=NO/C(=N\CC)C1CCN(C(=O)C(F)(F)F)CC1. The first-order valence-electron chi connectivity index (χ1n) is 5.93. The summed E-state index contributed by atoms with van der Waals surface area (Å²) in [5.74, 6) is -1.54. The predicted octanol–water partition coefficient (Wildman–Crippen LogP) is 1.84. The summed E-state index contributed by atoms with van der Waals surface area (Å²) < 4.78 is 36.8. The highest BCUT2D eigenvalue weighted by molar-refractivity contribution is 5.83. The van der Waals surface area contributed by atoms with Crippen LogP contribution in [-0.2, 0) is 9.63 Å². The molecule has 1 rings (SSSR count). The Morgan fingerprint density at radius 1 is 1.42 bits per heavy atom. The van der Waals surface area contributed by atoms with E-state index in [4.69, 9.17) is 4.84 Å². The fraction of sp³-hybridized carbons (Fsp3) is 0.727. The molecule has 0 bridgehead atoms. The maximum Gasteiger partial charge on any atom is 0.471 e. The number of rotatable bonds is 3. The van der Waals surface area contributed by atoms with E-state index in [0.717, 1.165) is 4.90 Å². The lowest BCUT2D eigenvalue weighted by atomic mass is 9.96. The Kier molecular flexibility index (Phi) is 5.31. The Hall–Kier alpha value is -1.60. The van der Waals surface area contributed by atoms with Gasteiger partial charge < -0.3 is 9.74 Å². The Balaban J connectivity index is 2.59. The van der Waals surface area contributed by atoms with Gasteiger partial charge in [-0.1, -0.05) is 5.16 Å². The minimum atomic E-state index is -4.81. The van der Waals surface area contributed by atoms with Crippen molar-refractivity contribution in [1.82, 2.24) is 4.90 Å². The zero-order valence-electron chi connectivity index (χ0n) is 10.6. The van der Waals surface area contributed by atoms with Gasteiger partial charge in [0.05, 0.1) is 0 Å². The number of oxime groups is 1. The van der Waals surface area contributed by atoms with Gasteiger partial charge >= 0.3 is 12.1 Å². The number of hydrogen-bond donors (Lipinski definition) is 0. The van der Waals surface area contributed by atoms with Crippen molar-refractivity contribution in [2.45, 2.75) is 25.9 Å². The Labute approximate surface area is 109 Å². The second-order valence-electron chi connectivity index (χ2n) is 4.10. The zero-order valence-corrected chi connectivity index (χ0v) is 10.6. The molecule has 1 amide bonds. The predicted molar refractivity (Wildman–Crippen MR) is 64.0 cm³/mol. The quantitative estimate of drug-likeness (QED) is 0.449. The van der Waals surface area contributed by atoms with Gasteiger partial charge in [0.25, 0.3) is 0 Å². The molecular formula is C11H16F3N3O2. The third-order valence-electron chi connectivity index (χ3n) is 2.85. The van der Waals surface area contributed by atoms with Crippen LogP contribution in [0.5, 0.6) is 0 Å². The van der Waals surface area contributed by atoms with Crippen molar-refractivity contribution in [2.24, 2.45) is 16.1 Å². The van der Waals surface area contributed by atoms with Crippen LogP contribution in [0, 0.1) is 5.92 Å². The fourth-order valence-corrected chi connectivity index (χ4v) is 1.96. The molecule has 0 saturated carbocycles. The van der Waals surface area contributed by atoms with E-state index in [9.17, 15) is 18.0 Å². The normalized spacial score (nSPS) is 18.3.